The Morgan fingerprint density at radius 1 is 1.15 bits per heavy atom. The van der Waals surface area contributed by atoms with Crippen molar-refractivity contribution in [2.24, 2.45) is 0 Å². The minimum atomic E-state index is -0.261. The third-order valence-corrected chi connectivity index (χ3v) is 5.24. The first-order chi connectivity index (χ1) is 13.3. The summed E-state index contributed by atoms with van der Waals surface area (Å²) >= 11 is 1.41. The lowest BCUT2D eigenvalue weighted by Gasteiger charge is -2.17. The molecule has 1 aliphatic heterocycles. The smallest absolute Gasteiger partial charge is 0.321 e. The quantitative estimate of drug-likeness (QED) is 0.699. The fourth-order valence-electron chi connectivity index (χ4n) is 3.09. The van der Waals surface area contributed by atoms with Crippen LogP contribution in [0.3, 0.4) is 0 Å². The Kier molecular flexibility index (Phi) is 5.29. The van der Waals surface area contributed by atoms with E-state index < -0.39 is 0 Å². The molecule has 0 radical (unpaired) electrons. The average Bonchev–Trinajstić information content (AvgIpc) is 3.40. The number of hydrogen-bond acceptors (Lipinski definition) is 5. The molecule has 1 aromatic carbocycles. The van der Waals surface area contributed by atoms with Crippen molar-refractivity contribution >= 4 is 28.3 Å². The third-order valence-electron chi connectivity index (χ3n) is 4.49. The van der Waals surface area contributed by atoms with Crippen molar-refractivity contribution in [2.75, 3.05) is 23.3 Å². The molecular formula is C20H21N5OS. The van der Waals surface area contributed by atoms with Crippen molar-refractivity contribution in [3.63, 3.8) is 0 Å². The van der Waals surface area contributed by atoms with Crippen molar-refractivity contribution < 1.29 is 4.79 Å². The zero-order valence-electron chi connectivity index (χ0n) is 14.9. The number of thiazole rings is 1. The molecule has 7 heteroatoms. The SMILES string of the molecule is O=C(NCc1ccnc(N2CCCC2)c1)Nc1nc(-c2ccccc2)cs1. The lowest BCUT2D eigenvalue weighted by molar-refractivity contribution is 0.251. The standard InChI is InChI=1S/C20H21N5OS/c26-19(24-20-23-17(14-27-20)16-6-2-1-3-7-16)22-13-15-8-9-21-18(12-15)25-10-4-5-11-25/h1-3,6-9,12,14H,4-5,10-11,13H2,(H2,22,23,24,26). The second-order valence-electron chi connectivity index (χ2n) is 6.43. The van der Waals surface area contributed by atoms with Crippen molar-refractivity contribution in [3.05, 3.63) is 59.6 Å². The lowest BCUT2D eigenvalue weighted by atomic mass is 10.2. The molecule has 2 amide bonds. The molecule has 0 saturated carbocycles. The minimum absolute atomic E-state index is 0.261. The normalized spacial score (nSPS) is 13.6. The van der Waals surface area contributed by atoms with Crippen LogP contribution in [0.4, 0.5) is 15.7 Å². The van der Waals surface area contributed by atoms with Crippen LogP contribution in [0.25, 0.3) is 11.3 Å². The van der Waals surface area contributed by atoms with Crippen LogP contribution in [0, 0.1) is 0 Å². The van der Waals surface area contributed by atoms with Gasteiger partial charge in [-0.3, -0.25) is 5.32 Å². The molecule has 4 rings (SSSR count). The molecule has 27 heavy (non-hydrogen) atoms. The summed E-state index contributed by atoms with van der Waals surface area (Å²) in [5, 5.41) is 8.21. The summed E-state index contributed by atoms with van der Waals surface area (Å²) in [7, 11) is 0. The van der Waals surface area contributed by atoms with Gasteiger partial charge >= 0.3 is 6.03 Å². The summed E-state index contributed by atoms with van der Waals surface area (Å²) in [6.45, 7) is 2.56. The maximum Gasteiger partial charge on any atom is 0.321 e. The van der Waals surface area contributed by atoms with Crippen LogP contribution in [0.5, 0.6) is 0 Å². The van der Waals surface area contributed by atoms with Crippen LogP contribution < -0.4 is 15.5 Å². The Bertz CT molecular complexity index is 906. The highest BCUT2D eigenvalue weighted by Gasteiger charge is 2.14. The van der Waals surface area contributed by atoms with Gasteiger partial charge in [-0.15, -0.1) is 11.3 Å². The summed E-state index contributed by atoms with van der Waals surface area (Å²) in [4.78, 5) is 23.4. The molecule has 0 atom stereocenters. The van der Waals surface area contributed by atoms with Gasteiger partial charge in [-0.2, -0.15) is 0 Å². The summed E-state index contributed by atoms with van der Waals surface area (Å²) in [5.74, 6) is 0.986. The molecule has 1 aliphatic rings. The van der Waals surface area contributed by atoms with E-state index in [9.17, 15) is 4.79 Å². The number of hydrogen-bond donors (Lipinski definition) is 2. The van der Waals surface area contributed by atoms with Gasteiger partial charge in [-0.1, -0.05) is 30.3 Å². The van der Waals surface area contributed by atoms with Gasteiger partial charge in [-0.25, -0.2) is 14.8 Å². The van der Waals surface area contributed by atoms with Gasteiger partial charge in [0.1, 0.15) is 5.82 Å². The van der Waals surface area contributed by atoms with Gasteiger partial charge in [-0.05, 0) is 30.5 Å². The number of aromatic nitrogens is 2. The van der Waals surface area contributed by atoms with Gasteiger partial charge < -0.3 is 10.2 Å². The predicted octanol–water partition coefficient (Wildman–Crippen LogP) is 4.13. The van der Waals surface area contributed by atoms with Gasteiger partial charge in [0.25, 0.3) is 0 Å². The van der Waals surface area contributed by atoms with Crippen molar-refractivity contribution in [3.8, 4) is 11.3 Å². The highest BCUT2D eigenvalue weighted by atomic mass is 32.1. The van der Waals surface area contributed by atoms with E-state index in [4.69, 9.17) is 0 Å². The third kappa shape index (κ3) is 4.43. The van der Waals surface area contributed by atoms with Gasteiger partial charge in [0.15, 0.2) is 5.13 Å². The zero-order valence-corrected chi connectivity index (χ0v) is 15.7. The number of amides is 2. The van der Waals surface area contributed by atoms with Crippen molar-refractivity contribution in [2.45, 2.75) is 19.4 Å². The number of carbonyl (C=O) groups is 1. The molecule has 3 aromatic rings. The molecule has 0 aliphatic carbocycles. The van der Waals surface area contributed by atoms with Crippen molar-refractivity contribution in [1.82, 2.24) is 15.3 Å². The van der Waals surface area contributed by atoms with E-state index in [1.807, 2.05) is 47.8 Å². The molecule has 3 heterocycles. The van der Waals surface area contributed by atoms with Gasteiger partial charge in [0, 0.05) is 36.8 Å². The van der Waals surface area contributed by atoms with E-state index in [0.29, 0.717) is 11.7 Å². The highest BCUT2D eigenvalue weighted by Crippen LogP contribution is 2.24. The fourth-order valence-corrected chi connectivity index (χ4v) is 3.80. The number of urea groups is 1. The molecule has 138 valence electrons. The minimum Gasteiger partial charge on any atom is -0.357 e. The van der Waals surface area contributed by atoms with E-state index in [1.165, 1.54) is 24.2 Å². The number of rotatable bonds is 5. The molecule has 0 spiro atoms. The first kappa shape index (κ1) is 17.5. The maximum absolute atomic E-state index is 12.2. The van der Waals surface area contributed by atoms with E-state index >= 15 is 0 Å². The van der Waals surface area contributed by atoms with Crippen LogP contribution in [0.2, 0.25) is 0 Å². The average molecular weight is 379 g/mol. The van der Waals surface area contributed by atoms with Gasteiger partial charge in [0.2, 0.25) is 0 Å². The summed E-state index contributed by atoms with van der Waals surface area (Å²) in [6.07, 6.45) is 4.23. The Labute approximate surface area is 162 Å². The van der Waals surface area contributed by atoms with Crippen molar-refractivity contribution in [1.29, 1.82) is 0 Å². The highest BCUT2D eigenvalue weighted by molar-refractivity contribution is 7.14. The number of benzene rings is 1. The van der Waals surface area contributed by atoms with E-state index in [0.717, 1.165) is 35.7 Å². The molecule has 1 fully saturated rings. The first-order valence-electron chi connectivity index (χ1n) is 9.03. The monoisotopic (exact) mass is 379 g/mol. The van der Waals surface area contributed by atoms with Crippen LogP contribution in [0.1, 0.15) is 18.4 Å². The Hall–Kier alpha value is -2.93. The first-order valence-corrected chi connectivity index (χ1v) is 9.91. The summed E-state index contributed by atoms with van der Waals surface area (Å²) in [5.41, 5.74) is 2.93. The number of nitrogens with zero attached hydrogens (tertiary/aromatic N) is 3. The zero-order chi connectivity index (χ0) is 18.5. The molecule has 0 bridgehead atoms. The topological polar surface area (TPSA) is 70.2 Å². The number of nitrogens with one attached hydrogen (secondary N) is 2. The number of anilines is 2. The van der Waals surface area contributed by atoms with E-state index in [1.54, 1.807) is 6.20 Å². The molecule has 2 aromatic heterocycles. The summed E-state index contributed by atoms with van der Waals surface area (Å²) in [6, 6.07) is 13.6. The fraction of sp³-hybridized carbons (Fsp3) is 0.250. The van der Waals surface area contributed by atoms with Crippen LogP contribution in [-0.2, 0) is 6.54 Å². The molecule has 1 saturated heterocycles. The van der Waals surface area contributed by atoms with Gasteiger partial charge in [0.05, 0.1) is 5.69 Å². The second kappa shape index (κ2) is 8.18. The van der Waals surface area contributed by atoms with E-state index in [-0.39, 0.29) is 6.03 Å². The molecule has 0 unspecified atom stereocenters. The largest absolute Gasteiger partial charge is 0.357 e. The summed E-state index contributed by atoms with van der Waals surface area (Å²) < 4.78 is 0. The Morgan fingerprint density at radius 3 is 2.78 bits per heavy atom. The molecular weight excluding hydrogens is 358 g/mol. The Balaban J connectivity index is 1.32. The second-order valence-corrected chi connectivity index (χ2v) is 7.29. The molecule has 2 N–H and O–H groups in total. The number of pyridine rings is 1. The molecule has 6 nitrogen and oxygen atoms in total. The van der Waals surface area contributed by atoms with Crippen LogP contribution in [-0.4, -0.2) is 29.1 Å². The van der Waals surface area contributed by atoms with Crippen LogP contribution in [0.15, 0.2) is 54.0 Å². The lowest BCUT2D eigenvalue weighted by Crippen LogP contribution is -2.28. The number of carbonyl (C=O) groups excluding carboxylic acids is 1. The maximum atomic E-state index is 12.2. The Morgan fingerprint density at radius 2 is 1.96 bits per heavy atom. The van der Waals surface area contributed by atoms with Crippen LogP contribution >= 0.6 is 11.3 Å². The van der Waals surface area contributed by atoms with E-state index in [2.05, 4.69) is 25.5 Å². The predicted molar refractivity (Wildman–Crippen MR) is 109 cm³/mol.